The minimum absolute atomic E-state index is 0. The summed E-state index contributed by atoms with van der Waals surface area (Å²) in [7, 11) is 0. The van der Waals surface area contributed by atoms with Gasteiger partial charge in [-0.25, -0.2) is 0 Å². The predicted octanol–water partition coefficient (Wildman–Crippen LogP) is -1.05. The number of hydrogen-bond acceptors (Lipinski definition) is 4. The van der Waals surface area contributed by atoms with Crippen molar-refractivity contribution in [3.8, 4) is 0 Å². The topological polar surface area (TPSA) is 43.1 Å². The van der Waals surface area contributed by atoms with E-state index in [1.807, 2.05) is 25.1 Å². The van der Waals surface area contributed by atoms with Gasteiger partial charge >= 0.3 is 0 Å². The van der Waals surface area contributed by atoms with Crippen LogP contribution in [0.3, 0.4) is 0 Å². The maximum atomic E-state index is 4.56. The van der Waals surface area contributed by atoms with Crippen LogP contribution in [0.25, 0.3) is 0 Å². The molecular weight excluding hydrogens is 300 g/mol. The highest BCUT2D eigenvalue weighted by molar-refractivity contribution is 7.99. The van der Waals surface area contributed by atoms with Gasteiger partial charge in [0.1, 0.15) is 0 Å². The minimum atomic E-state index is 0. The summed E-state index contributed by atoms with van der Waals surface area (Å²) in [4.78, 5) is 0. The van der Waals surface area contributed by atoms with Crippen molar-refractivity contribution in [2.75, 3.05) is 5.75 Å². The Morgan fingerprint density at radius 1 is 1.18 bits per heavy atom. The van der Waals surface area contributed by atoms with E-state index in [1.165, 1.54) is 0 Å². The maximum Gasteiger partial charge on any atom is 0.212 e. The summed E-state index contributed by atoms with van der Waals surface area (Å²) in [6.07, 6.45) is 0. The van der Waals surface area contributed by atoms with Crippen LogP contribution in [0.1, 0.15) is 11.4 Å². The Morgan fingerprint density at radius 2 is 1.94 bits per heavy atom. The molecular formula is C11H10BrN4S-. The lowest BCUT2D eigenvalue weighted by atomic mass is 10.1. The van der Waals surface area contributed by atoms with Crippen LogP contribution in [0.5, 0.6) is 0 Å². The van der Waals surface area contributed by atoms with Gasteiger partial charge in [-0.05, 0) is 12.5 Å². The molecule has 2 heterocycles. The summed E-state index contributed by atoms with van der Waals surface area (Å²) in [5.74, 6) is 1.68. The highest BCUT2D eigenvalue weighted by Gasteiger charge is 2.17. The summed E-state index contributed by atoms with van der Waals surface area (Å²) in [6.45, 7) is 1.91. The minimum Gasteiger partial charge on any atom is -1.00 e. The van der Waals surface area contributed by atoms with Crippen LogP contribution in [0, 0.1) is 6.92 Å². The van der Waals surface area contributed by atoms with Crippen molar-refractivity contribution < 1.29 is 17.0 Å². The molecule has 0 N–H and O–H groups in total. The summed E-state index contributed by atoms with van der Waals surface area (Å²) in [6, 6.07) is 10.2. The molecule has 0 unspecified atom stereocenters. The van der Waals surface area contributed by atoms with E-state index in [0.717, 1.165) is 28.0 Å². The van der Waals surface area contributed by atoms with E-state index in [4.69, 9.17) is 0 Å². The molecule has 2 aromatic rings. The fraction of sp³-hybridized carbons (Fsp3) is 0.182. The summed E-state index contributed by atoms with van der Waals surface area (Å²) >= 11 is 1.67. The molecule has 1 aromatic heterocycles. The lowest BCUT2D eigenvalue weighted by molar-refractivity contribution is -0.00000338. The average Bonchev–Trinajstić information content (AvgIpc) is 2.72. The monoisotopic (exact) mass is 309 g/mol. The van der Waals surface area contributed by atoms with Gasteiger partial charge < -0.3 is 17.0 Å². The number of thioether (sulfide) groups is 1. The number of hydrogen-bond donors (Lipinski definition) is 0. The van der Waals surface area contributed by atoms with E-state index in [-0.39, 0.29) is 17.0 Å². The number of halogens is 1. The van der Waals surface area contributed by atoms with E-state index >= 15 is 0 Å². The van der Waals surface area contributed by atoms with Crippen molar-refractivity contribution in [1.29, 1.82) is 0 Å². The number of fused-ring (bicyclic) bond motifs is 1. The van der Waals surface area contributed by atoms with Gasteiger partial charge in [-0.3, -0.25) is 0 Å². The highest BCUT2D eigenvalue weighted by atomic mass is 79.9. The van der Waals surface area contributed by atoms with Crippen LogP contribution in [0.4, 0.5) is 0 Å². The van der Waals surface area contributed by atoms with Crippen LogP contribution in [-0.2, 0) is 0 Å². The number of aromatic nitrogens is 3. The largest absolute Gasteiger partial charge is 1.00 e. The number of benzene rings is 1. The summed E-state index contributed by atoms with van der Waals surface area (Å²) in [5.41, 5.74) is 2.23. The zero-order valence-corrected chi connectivity index (χ0v) is 11.6. The Kier molecular flexibility index (Phi) is 3.63. The van der Waals surface area contributed by atoms with E-state index in [0.29, 0.717) is 0 Å². The van der Waals surface area contributed by atoms with Crippen molar-refractivity contribution in [3.05, 3.63) is 41.7 Å². The van der Waals surface area contributed by atoms with Gasteiger partial charge in [-0.15, -0.1) is 10.2 Å². The normalized spacial score (nSPS) is 13.6. The smallest absolute Gasteiger partial charge is 0.212 e. The van der Waals surface area contributed by atoms with Crippen LogP contribution < -0.4 is 17.0 Å². The number of aryl methyl sites for hydroxylation is 1. The fourth-order valence-corrected chi connectivity index (χ4v) is 2.48. The number of nitrogens with zero attached hydrogens (tertiary/aromatic N) is 4. The van der Waals surface area contributed by atoms with Gasteiger partial charge in [0.25, 0.3) is 0 Å². The molecule has 1 aliphatic rings. The molecule has 0 fully saturated rings. The third-order valence-electron chi connectivity index (χ3n) is 2.43. The van der Waals surface area contributed by atoms with Gasteiger partial charge in [0.2, 0.25) is 5.16 Å². The van der Waals surface area contributed by atoms with E-state index in [1.54, 1.807) is 16.4 Å². The first-order valence-electron chi connectivity index (χ1n) is 5.03. The summed E-state index contributed by atoms with van der Waals surface area (Å²) < 4.78 is 1.80. The van der Waals surface area contributed by atoms with Gasteiger partial charge in [-0.2, -0.15) is 9.78 Å². The second kappa shape index (κ2) is 5.01. The van der Waals surface area contributed by atoms with Crippen molar-refractivity contribution in [2.45, 2.75) is 12.1 Å². The molecule has 1 aliphatic heterocycles. The first kappa shape index (κ1) is 12.3. The third kappa shape index (κ3) is 2.28. The summed E-state index contributed by atoms with van der Waals surface area (Å²) in [5, 5.41) is 13.5. The van der Waals surface area contributed by atoms with Crippen molar-refractivity contribution in [3.63, 3.8) is 0 Å². The van der Waals surface area contributed by atoms with Crippen molar-refractivity contribution in [1.82, 2.24) is 14.9 Å². The van der Waals surface area contributed by atoms with E-state index in [2.05, 4.69) is 27.4 Å². The molecule has 0 amide bonds. The Bertz CT molecular complexity index is 550. The van der Waals surface area contributed by atoms with Gasteiger partial charge in [0.15, 0.2) is 5.82 Å². The molecule has 0 aliphatic carbocycles. The molecule has 1 aromatic carbocycles. The van der Waals surface area contributed by atoms with E-state index < -0.39 is 0 Å². The molecule has 0 saturated heterocycles. The van der Waals surface area contributed by atoms with E-state index in [9.17, 15) is 0 Å². The average molecular weight is 310 g/mol. The molecule has 0 atom stereocenters. The fourth-order valence-electron chi connectivity index (χ4n) is 1.60. The third-order valence-corrected chi connectivity index (χ3v) is 3.36. The Hall–Kier alpha value is -1.14. The first-order valence-corrected chi connectivity index (χ1v) is 6.01. The van der Waals surface area contributed by atoms with Crippen LogP contribution in [-0.4, -0.2) is 26.3 Å². The van der Waals surface area contributed by atoms with Crippen molar-refractivity contribution >= 4 is 17.5 Å². The molecule has 6 heteroatoms. The number of rotatable bonds is 1. The zero-order valence-electron chi connectivity index (χ0n) is 9.17. The van der Waals surface area contributed by atoms with Gasteiger partial charge in [0.05, 0.1) is 5.71 Å². The molecule has 88 valence electrons. The second-order valence-corrected chi connectivity index (χ2v) is 4.49. The Morgan fingerprint density at radius 3 is 2.71 bits per heavy atom. The van der Waals surface area contributed by atoms with Crippen molar-refractivity contribution in [2.24, 2.45) is 5.10 Å². The molecule has 0 saturated carbocycles. The Balaban J connectivity index is 0.00000108. The van der Waals surface area contributed by atoms with Crippen LogP contribution in [0.15, 0.2) is 40.6 Å². The maximum absolute atomic E-state index is 4.56. The van der Waals surface area contributed by atoms with Crippen LogP contribution >= 0.6 is 11.8 Å². The molecule has 3 rings (SSSR count). The SMILES string of the molecule is Cc1nnc2n1N=C(c1ccccc1)CS2.[Br-]. The van der Waals surface area contributed by atoms with Gasteiger partial charge in [-0.1, -0.05) is 42.1 Å². The second-order valence-electron chi connectivity index (χ2n) is 3.54. The molecule has 0 bridgehead atoms. The van der Waals surface area contributed by atoms with Crippen LogP contribution in [0.2, 0.25) is 0 Å². The zero-order chi connectivity index (χ0) is 11.0. The molecule has 17 heavy (non-hydrogen) atoms. The Labute approximate surface area is 114 Å². The van der Waals surface area contributed by atoms with Gasteiger partial charge in [0, 0.05) is 5.75 Å². The molecule has 4 nitrogen and oxygen atoms in total. The highest BCUT2D eigenvalue weighted by Crippen LogP contribution is 2.23. The lowest BCUT2D eigenvalue weighted by Crippen LogP contribution is -3.00. The first-order chi connectivity index (χ1) is 7.84. The quantitative estimate of drug-likeness (QED) is 0.675. The lowest BCUT2D eigenvalue weighted by Gasteiger charge is -2.12. The standard InChI is InChI=1S/C11H10N4S.BrH/c1-8-12-13-11-15(8)14-10(7-16-11)9-5-3-2-4-6-9;/h2-6H,7H2,1H3;1H/p-1. The molecule has 0 radical (unpaired) electrons. The molecule has 0 spiro atoms. The predicted molar refractivity (Wildman–Crippen MR) is 63.9 cm³/mol.